The second-order valence-electron chi connectivity index (χ2n) is 18.4. The summed E-state index contributed by atoms with van der Waals surface area (Å²) in [5, 5.41) is 0. The SMILES string of the molecule is C=C1C(=C/C)/C(=C\C)C(=C)C2(C/C=C(\C)CC/C=C(\C)C(C)C/C=C(\C)CC/C=C(\C)C(C)C/C=C(\C)CC/C=C(\C)CCC=C(C)C)C3C=CC(C3)C12C. The maximum Gasteiger partial charge on any atom is 0.0150 e. The van der Waals surface area contributed by atoms with E-state index in [4.69, 9.17) is 13.2 Å². The van der Waals surface area contributed by atoms with Crippen LogP contribution in [-0.4, -0.2) is 0 Å². The van der Waals surface area contributed by atoms with Gasteiger partial charge in [-0.2, -0.15) is 0 Å². The van der Waals surface area contributed by atoms with Gasteiger partial charge in [-0.05, 0) is 192 Å². The molecule has 0 aromatic carbocycles. The van der Waals surface area contributed by atoms with Crippen molar-refractivity contribution in [2.75, 3.05) is 0 Å². The van der Waals surface area contributed by atoms with Gasteiger partial charge in [-0.15, -0.1) is 0 Å². The topological polar surface area (TPSA) is 0 Å². The zero-order valence-corrected chi connectivity index (χ0v) is 38.1. The van der Waals surface area contributed by atoms with E-state index in [9.17, 15) is 0 Å². The maximum absolute atomic E-state index is 4.82. The first-order valence-corrected chi connectivity index (χ1v) is 22.0. The Morgan fingerprint density at radius 2 is 1.02 bits per heavy atom. The molecule has 6 unspecified atom stereocenters. The predicted molar refractivity (Wildman–Crippen MR) is 248 cm³/mol. The molecular formula is C55H82. The zero-order chi connectivity index (χ0) is 40.9. The molecule has 0 saturated heterocycles. The molecule has 302 valence electrons. The molecular weight excluding hydrogens is 661 g/mol. The highest BCUT2D eigenvalue weighted by molar-refractivity contribution is 5.66. The highest BCUT2D eigenvalue weighted by Gasteiger charge is 2.67. The molecule has 55 heavy (non-hydrogen) atoms. The van der Waals surface area contributed by atoms with E-state index in [1.54, 1.807) is 0 Å². The van der Waals surface area contributed by atoms with E-state index < -0.39 is 0 Å². The van der Waals surface area contributed by atoms with Crippen LogP contribution in [0.2, 0.25) is 0 Å². The summed E-state index contributed by atoms with van der Waals surface area (Å²) < 4.78 is 0. The fourth-order valence-electron chi connectivity index (χ4n) is 9.69. The smallest absolute Gasteiger partial charge is 0.0150 e. The van der Waals surface area contributed by atoms with Crippen LogP contribution in [0.3, 0.4) is 0 Å². The molecule has 0 heteroatoms. The van der Waals surface area contributed by atoms with Crippen molar-refractivity contribution < 1.29 is 0 Å². The minimum absolute atomic E-state index is 0.0228. The van der Waals surface area contributed by atoms with E-state index in [0.717, 1.165) is 51.4 Å². The average molecular weight is 743 g/mol. The monoisotopic (exact) mass is 743 g/mol. The van der Waals surface area contributed by atoms with Gasteiger partial charge in [0.05, 0.1) is 0 Å². The number of allylic oxidation sites excluding steroid dienone is 22. The molecule has 0 aromatic rings. The summed E-state index contributed by atoms with van der Waals surface area (Å²) in [6.45, 7) is 39.4. The van der Waals surface area contributed by atoms with Crippen LogP contribution in [-0.2, 0) is 0 Å². The van der Waals surface area contributed by atoms with E-state index in [1.165, 1.54) is 87.0 Å². The van der Waals surface area contributed by atoms with E-state index in [2.05, 4.69) is 157 Å². The van der Waals surface area contributed by atoms with Crippen LogP contribution in [0.5, 0.6) is 0 Å². The lowest BCUT2D eigenvalue weighted by molar-refractivity contribution is 0.114. The first-order valence-electron chi connectivity index (χ1n) is 22.0. The molecule has 3 rings (SSSR count). The number of hydrogen-bond donors (Lipinski definition) is 0. The highest BCUT2D eigenvalue weighted by Crippen LogP contribution is 2.75. The minimum atomic E-state index is 0.0228. The standard InChI is InChI=1S/C55H82/c1-16-52-48(13)54(15)50-34-35-51(38-50)55(54,49(14)53(52)17-2)37-36-43(8)27-21-29-45(10)47(12)33-31-42(7)26-20-28-44(9)46(11)32-30-41(6)25-19-24-40(5)23-18-22-39(3)4/h16-17,22,24,28-31,34-36,46-47,50-51H,13-14,18-21,23,25-27,32-33,37-38H2,1-12,15H3/b40-24+,41-30+,42-31+,43-36+,44-28+,45-29+,52-16-,53-17-. The highest BCUT2D eigenvalue weighted by atomic mass is 14.7. The molecule has 0 heterocycles. The van der Waals surface area contributed by atoms with Gasteiger partial charge in [-0.1, -0.05) is 140 Å². The Hall–Kier alpha value is -3.12. The van der Waals surface area contributed by atoms with Crippen molar-refractivity contribution >= 4 is 0 Å². The lowest BCUT2D eigenvalue weighted by Crippen LogP contribution is -2.49. The largest absolute Gasteiger partial charge is 0.0946 e. The third-order valence-corrected chi connectivity index (χ3v) is 14.2. The summed E-state index contributed by atoms with van der Waals surface area (Å²) in [5.41, 5.74) is 15.9. The summed E-state index contributed by atoms with van der Waals surface area (Å²) in [6.07, 6.45) is 40.6. The Kier molecular flexibility index (Phi) is 18.0. The van der Waals surface area contributed by atoms with Gasteiger partial charge < -0.3 is 0 Å². The van der Waals surface area contributed by atoms with Crippen molar-refractivity contribution in [3.63, 3.8) is 0 Å². The molecule has 3 aliphatic carbocycles. The van der Waals surface area contributed by atoms with Crippen molar-refractivity contribution in [1.82, 2.24) is 0 Å². The minimum Gasteiger partial charge on any atom is -0.0946 e. The Balaban J connectivity index is 1.45. The van der Waals surface area contributed by atoms with Crippen molar-refractivity contribution in [2.24, 2.45) is 34.5 Å². The van der Waals surface area contributed by atoms with Gasteiger partial charge in [-0.25, -0.2) is 0 Å². The van der Waals surface area contributed by atoms with Gasteiger partial charge in [0, 0.05) is 10.8 Å². The molecule has 2 bridgehead atoms. The third kappa shape index (κ3) is 11.5. The van der Waals surface area contributed by atoms with Crippen LogP contribution in [0.15, 0.2) is 141 Å². The van der Waals surface area contributed by atoms with Crippen LogP contribution in [0.1, 0.15) is 167 Å². The summed E-state index contributed by atoms with van der Waals surface area (Å²) >= 11 is 0. The normalized spacial score (nSPS) is 27.7. The van der Waals surface area contributed by atoms with E-state index in [-0.39, 0.29) is 10.8 Å². The van der Waals surface area contributed by atoms with Crippen LogP contribution in [0, 0.1) is 34.5 Å². The Morgan fingerprint density at radius 3 is 1.51 bits per heavy atom. The molecule has 0 nitrogen and oxygen atoms in total. The van der Waals surface area contributed by atoms with Crippen molar-refractivity contribution in [3.8, 4) is 0 Å². The molecule has 2 fully saturated rings. The Labute approximate surface area is 341 Å². The van der Waals surface area contributed by atoms with E-state index in [1.807, 2.05) is 0 Å². The van der Waals surface area contributed by atoms with E-state index >= 15 is 0 Å². The average Bonchev–Trinajstić information content (AvgIpc) is 3.73. The van der Waals surface area contributed by atoms with Crippen LogP contribution >= 0.6 is 0 Å². The van der Waals surface area contributed by atoms with Crippen molar-refractivity contribution in [1.29, 1.82) is 0 Å². The maximum atomic E-state index is 4.82. The molecule has 0 aromatic heterocycles. The lowest BCUT2D eigenvalue weighted by atomic mass is 9.46. The second-order valence-corrected chi connectivity index (χ2v) is 18.4. The van der Waals surface area contributed by atoms with Gasteiger partial charge in [0.1, 0.15) is 0 Å². The summed E-state index contributed by atoms with van der Waals surface area (Å²) in [5.74, 6) is 2.27. The summed E-state index contributed by atoms with van der Waals surface area (Å²) in [7, 11) is 0. The molecule has 0 spiro atoms. The number of fused-ring (bicyclic) bond motifs is 5. The van der Waals surface area contributed by atoms with Crippen LogP contribution in [0.4, 0.5) is 0 Å². The van der Waals surface area contributed by atoms with Crippen LogP contribution in [0.25, 0.3) is 0 Å². The van der Waals surface area contributed by atoms with Crippen molar-refractivity contribution in [2.45, 2.75) is 167 Å². The van der Waals surface area contributed by atoms with Gasteiger partial charge in [0.25, 0.3) is 0 Å². The van der Waals surface area contributed by atoms with Gasteiger partial charge in [-0.3, -0.25) is 0 Å². The molecule has 3 aliphatic rings. The first-order chi connectivity index (χ1) is 26.0. The van der Waals surface area contributed by atoms with Gasteiger partial charge in [0.15, 0.2) is 0 Å². The second kappa shape index (κ2) is 21.4. The molecule has 0 radical (unpaired) electrons. The van der Waals surface area contributed by atoms with E-state index in [0.29, 0.717) is 23.7 Å². The van der Waals surface area contributed by atoms with Gasteiger partial charge in [0.2, 0.25) is 0 Å². The Bertz CT molecular complexity index is 1670. The summed E-state index contributed by atoms with van der Waals surface area (Å²) in [6, 6.07) is 0. The Morgan fingerprint density at radius 1 is 0.600 bits per heavy atom. The lowest BCUT2D eigenvalue weighted by Gasteiger charge is -2.57. The zero-order valence-electron chi connectivity index (χ0n) is 38.1. The van der Waals surface area contributed by atoms with Crippen molar-refractivity contribution in [3.05, 3.63) is 141 Å². The predicted octanol–water partition coefficient (Wildman–Crippen LogP) is 17.4. The molecule has 0 aliphatic heterocycles. The molecule has 6 atom stereocenters. The fraction of sp³-hybridized carbons (Fsp3) is 0.564. The fourth-order valence-corrected chi connectivity index (χ4v) is 9.69. The van der Waals surface area contributed by atoms with Gasteiger partial charge >= 0.3 is 0 Å². The van der Waals surface area contributed by atoms with Crippen LogP contribution < -0.4 is 0 Å². The molecule has 2 saturated carbocycles. The number of hydrogen-bond acceptors (Lipinski definition) is 0. The molecule has 0 amide bonds. The first kappa shape index (κ1) is 46.3. The number of rotatable bonds is 20. The summed E-state index contributed by atoms with van der Waals surface area (Å²) in [4.78, 5) is 0. The third-order valence-electron chi connectivity index (χ3n) is 14.2. The quantitative estimate of drug-likeness (QED) is 0.109. The molecule has 0 N–H and O–H groups in total.